The first-order valence-electron chi connectivity index (χ1n) is 7.90. The first kappa shape index (κ1) is 20.0. The third kappa shape index (κ3) is 3.90. The minimum absolute atomic E-state index is 0.000220. The first-order chi connectivity index (χ1) is 13.3. The van der Waals surface area contributed by atoms with Crippen LogP contribution in [-0.4, -0.2) is 35.1 Å². The van der Waals surface area contributed by atoms with E-state index in [0.717, 1.165) is 8.47 Å². The second-order valence-electron chi connectivity index (χ2n) is 5.71. The number of carboxylic acid groups (broad SMARTS) is 1. The number of carbonyl (C=O) groups excluding carboxylic acids is 2. The number of carboxylic acids is 1. The largest absolute Gasteiger partial charge is 0.496 e. The van der Waals surface area contributed by atoms with Crippen LogP contribution < -0.4 is 15.0 Å². The molecule has 1 saturated heterocycles. The fourth-order valence-corrected chi connectivity index (χ4v) is 3.65. The molecule has 9 heteroatoms. The second-order valence-corrected chi connectivity index (χ2v) is 7.26. The number of benzene rings is 2. The first-order valence-corrected chi connectivity index (χ1v) is 9.39. The summed E-state index contributed by atoms with van der Waals surface area (Å²) in [5.41, 5.74) is 0.774. The number of aromatic carboxylic acids is 1. The van der Waals surface area contributed by atoms with Crippen LogP contribution in [-0.2, 0) is 9.59 Å². The van der Waals surface area contributed by atoms with Crippen LogP contribution in [0.15, 0.2) is 48.0 Å². The second kappa shape index (κ2) is 8.07. The number of anilines is 1. The summed E-state index contributed by atoms with van der Waals surface area (Å²) in [6.45, 7) is 0. The monoisotopic (exact) mass is 508 g/mol. The van der Waals surface area contributed by atoms with Crippen LogP contribution in [0.2, 0.25) is 0 Å². The van der Waals surface area contributed by atoms with Gasteiger partial charge in [0.1, 0.15) is 11.3 Å². The van der Waals surface area contributed by atoms with Crippen molar-refractivity contribution >= 4 is 69.5 Å². The number of nitrogens with one attached hydrogen (secondary N) is 1. The molecule has 3 rings (SSSR count). The van der Waals surface area contributed by atoms with Crippen molar-refractivity contribution in [3.05, 3.63) is 62.7 Å². The van der Waals surface area contributed by atoms with E-state index in [2.05, 4.69) is 27.9 Å². The lowest BCUT2D eigenvalue weighted by molar-refractivity contribution is -0.122. The zero-order valence-corrected chi connectivity index (χ0v) is 17.4. The quantitative estimate of drug-likeness (QED) is 0.286. The van der Waals surface area contributed by atoms with Crippen LogP contribution in [0.4, 0.5) is 5.69 Å². The number of halogens is 1. The van der Waals surface area contributed by atoms with E-state index < -0.39 is 17.8 Å². The fraction of sp³-hybridized carbons (Fsp3) is 0.0526. The van der Waals surface area contributed by atoms with Crippen LogP contribution >= 0.6 is 34.8 Å². The van der Waals surface area contributed by atoms with Gasteiger partial charge in [-0.2, -0.15) is 0 Å². The highest BCUT2D eigenvalue weighted by molar-refractivity contribution is 14.1. The number of thiocarbonyl (C=S) groups is 1. The molecule has 1 aliphatic heterocycles. The molecular formula is C19H13IN2O5S. The minimum atomic E-state index is -1.13. The van der Waals surface area contributed by atoms with E-state index in [1.165, 1.54) is 24.3 Å². The lowest BCUT2D eigenvalue weighted by atomic mass is 10.1. The molecule has 7 nitrogen and oxygen atoms in total. The molecule has 0 aliphatic carbocycles. The van der Waals surface area contributed by atoms with Crippen molar-refractivity contribution < 1.29 is 24.2 Å². The molecule has 1 aliphatic rings. The highest BCUT2D eigenvalue weighted by atomic mass is 127. The summed E-state index contributed by atoms with van der Waals surface area (Å²) in [6.07, 6.45) is 1.45. The molecule has 0 atom stereocenters. The van der Waals surface area contributed by atoms with Gasteiger partial charge in [0.2, 0.25) is 0 Å². The third-order valence-corrected chi connectivity index (χ3v) is 5.07. The maximum Gasteiger partial charge on any atom is 0.335 e. The average molecular weight is 508 g/mol. The number of hydrogen-bond acceptors (Lipinski definition) is 5. The molecule has 0 saturated carbocycles. The van der Waals surface area contributed by atoms with Gasteiger partial charge in [0.05, 0.1) is 21.9 Å². The number of ether oxygens (including phenoxy) is 1. The van der Waals surface area contributed by atoms with Gasteiger partial charge in [-0.25, -0.2) is 4.79 Å². The van der Waals surface area contributed by atoms with Crippen molar-refractivity contribution in [2.24, 2.45) is 0 Å². The molecule has 2 aromatic carbocycles. The van der Waals surface area contributed by atoms with Gasteiger partial charge in [0.15, 0.2) is 5.11 Å². The van der Waals surface area contributed by atoms with Gasteiger partial charge in [-0.15, -0.1) is 0 Å². The Bertz CT molecular complexity index is 1050. The van der Waals surface area contributed by atoms with E-state index in [-0.39, 0.29) is 21.9 Å². The van der Waals surface area contributed by atoms with Crippen LogP contribution in [0.25, 0.3) is 6.08 Å². The predicted molar refractivity (Wildman–Crippen MR) is 115 cm³/mol. The van der Waals surface area contributed by atoms with E-state index in [1.807, 2.05) is 0 Å². The number of rotatable bonds is 4. The minimum Gasteiger partial charge on any atom is -0.496 e. The molecule has 2 amide bonds. The Labute approximate surface area is 179 Å². The number of carbonyl (C=O) groups is 3. The smallest absolute Gasteiger partial charge is 0.335 e. The van der Waals surface area contributed by atoms with Crippen molar-refractivity contribution in [3.63, 3.8) is 0 Å². The zero-order chi connectivity index (χ0) is 20.4. The zero-order valence-electron chi connectivity index (χ0n) is 14.4. The number of hydrogen-bond donors (Lipinski definition) is 2. The molecule has 0 spiro atoms. The van der Waals surface area contributed by atoms with Crippen LogP contribution in [0.3, 0.4) is 0 Å². The van der Waals surface area contributed by atoms with Crippen LogP contribution in [0.1, 0.15) is 15.9 Å². The Morgan fingerprint density at radius 3 is 2.64 bits per heavy atom. The fourth-order valence-electron chi connectivity index (χ4n) is 2.61. The third-order valence-electron chi connectivity index (χ3n) is 3.94. The summed E-state index contributed by atoms with van der Waals surface area (Å²) in [6, 6.07) is 11.0. The Morgan fingerprint density at radius 1 is 1.25 bits per heavy atom. The van der Waals surface area contributed by atoms with Gasteiger partial charge in [-0.1, -0.05) is 12.1 Å². The van der Waals surface area contributed by atoms with Gasteiger partial charge < -0.3 is 9.84 Å². The van der Waals surface area contributed by atoms with E-state index in [1.54, 1.807) is 31.4 Å². The molecule has 28 heavy (non-hydrogen) atoms. The SMILES string of the molecule is COc1ccc(C=C2C(=O)NC(=S)N(c3cccc(C(=O)O)c3)C2=O)cc1I. The summed E-state index contributed by atoms with van der Waals surface area (Å²) < 4.78 is 6.02. The number of amides is 2. The molecule has 142 valence electrons. The Kier molecular flexibility index (Phi) is 5.75. The standard InChI is InChI=1S/C19H13IN2O5S/c1-27-15-6-5-10(8-14(15)20)7-13-16(23)21-19(28)22(17(13)24)12-4-2-3-11(9-12)18(25)26/h2-9H,1H3,(H,25,26)(H,21,23,28). The van der Waals surface area contributed by atoms with E-state index >= 15 is 0 Å². The normalized spacial score (nSPS) is 15.6. The van der Waals surface area contributed by atoms with Crippen molar-refractivity contribution in [1.29, 1.82) is 0 Å². The molecule has 2 aromatic rings. The van der Waals surface area contributed by atoms with E-state index in [4.69, 9.17) is 22.1 Å². The van der Waals surface area contributed by atoms with Gasteiger partial charge in [0.25, 0.3) is 11.8 Å². The Morgan fingerprint density at radius 2 is 2.00 bits per heavy atom. The van der Waals surface area contributed by atoms with Gasteiger partial charge in [0, 0.05) is 0 Å². The van der Waals surface area contributed by atoms with Gasteiger partial charge >= 0.3 is 5.97 Å². The summed E-state index contributed by atoms with van der Waals surface area (Å²) in [5.74, 6) is -1.71. The van der Waals surface area contributed by atoms with Crippen molar-refractivity contribution in [1.82, 2.24) is 5.32 Å². The van der Waals surface area contributed by atoms with E-state index in [0.29, 0.717) is 11.3 Å². The molecule has 0 radical (unpaired) electrons. The molecule has 0 aromatic heterocycles. The van der Waals surface area contributed by atoms with Crippen molar-refractivity contribution in [2.45, 2.75) is 0 Å². The lowest BCUT2D eigenvalue weighted by Gasteiger charge is -2.29. The molecule has 1 fully saturated rings. The average Bonchev–Trinajstić information content (AvgIpc) is 2.65. The van der Waals surface area contributed by atoms with Crippen molar-refractivity contribution in [2.75, 3.05) is 12.0 Å². The van der Waals surface area contributed by atoms with Gasteiger partial charge in [-0.05, 0) is 76.8 Å². The molecule has 2 N–H and O–H groups in total. The Hall–Kier alpha value is -2.79. The predicted octanol–water partition coefficient (Wildman–Crippen LogP) is 2.83. The number of methoxy groups -OCH3 is 1. The highest BCUT2D eigenvalue weighted by Gasteiger charge is 2.34. The van der Waals surface area contributed by atoms with Crippen molar-refractivity contribution in [3.8, 4) is 5.75 Å². The summed E-state index contributed by atoms with van der Waals surface area (Å²) >= 11 is 7.21. The molecular weight excluding hydrogens is 495 g/mol. The summed E-state index contributed by atoms with van der Waals surface area (Å²) in [7, 11) is 1.55. The Balaban J connectivity index is 2.02. The molecule has 0 bridgehead atoms. The highest BCUT2D eigenvalue weighted by Crippen LogP contribution is 2.26. The maximum atomic E-state index is 13.0. The van der Waals surface area contributed by atoms with Gasteiger partial charge in [-0.3, -0.25) is 19.8 Å². The summed E-state index contributed by atoms with van der Waals surface area (Å²) in [5, 5.41) is 11.5. The van der Waals surface area contributed by atoms with Crippen LogP contribution in [0.5, 0.6) is 5.75 Å². The van der Waals surface area contributed by atoms with E-state index in [9.17, 15) is 14.4 Å². The molecule has 1 heterocycles. The lowest BCUT2D eigenvalue weighted by Crippen LogP contribution is -2.54. The summed E-state index contributed by atoms with van der Waals surface area (Å²) in [4.78, 5) is 37.6. The molecule has 0 unspecified atom stereocenters. The maximum absolute atomic E-state index is 13.0. The topological polar surface area (TPSA) is 95.9 Å². The van der Waals surface area contributed by atoms with Crippen LogP contribution in [0, 0.1) is 3.57 Å². The number of nitrogens with zero attached hydrogens (tertiary/aromatic N) is 1.